The molecule has 3 heterocycles. The first-order valence-electron chi connectivity index (χ1n) is 7.43. The van der Waals surface area contributed by atoms with Crippen LogP contribution in [0.2, 0.25) is 0 Å². The Morgan fingerprint density at radius 3 is 2.86 bits per heavy atom. The van der Waals surface area contributed by atoms with Crippen molar-refractivity contribution in [2.24, 2.45) is 0 Å². The monoisotopic (exact) mass is 298 g/mol. The number of amides is 1. The summed E-state index contributed by atoms with van der Waals surface area (Å²) < 4.78 is 0. The Morgan fingerprint density at radius 2 is 2.09 bits per heavy atom. The van der Waals surface area contributed by atoms with E-state index >= 15 is 0 Å². The summed E-state index contributed by atoms with van der Waals surface area (Å²) in [6.45, 7) is 2.66. The molecule has 7 nitrogen and oxygen atoms in total. The third kappa shape index (κ3) is 2.88. The summed E-state index contributed by atoms with van der Waals surface area (Å²) in [5, 5.41) is 3.14. The average molecular weight is 298 g/mol. The van der Waals surface area contributed by atoms with Gasteiger partial charge < -0.3 is 10.2 Å². The van der Waals surface area contributed by atoms with Crippen LogP contribution in [0.4, 0.5) is 11.6 Å². The highest BCUT2D eigenvalue weighted by molar-refractivity contribution is 5.77. The maximum Gasteiger partial charge on any atom is 0.222 e. The summed E-state index contributed by atoms with van der Waals surface area (Å²) in [5.41, 5.74) is 0.785. The minimum atomic E-state index is -0.0275. The second kappa shape index (κ2) is 6.46. The molecule has 1 aliphatic heterocycles. The van der Waals surface area contributed by atoms with Gasteiger partial charge in [0, 0.05) is 37.8 Å². The van der Waals surface area contributed by atoms with Gasteiger partial charge in [-0.05, 0) is 12.8 Å². The van der Waals surface area contributed by atoms with Crippen LogP contribution in [0.3, 0.4) is 0 Å². The zero-order valence-corrected chi connectivity index (χ0v) is 12.4. The zero-order valence-electron chi connectivity index (χ0n) is 12.4. The van der Waals surface area contributed by atoms with Gasteiger partial charge in [-0.15, -0.1) is 0 Å². The van der Waals surface area contributed by atoms with E-state index in [9.17, 15) is 4.79 Å². The van der Waals surface area contributed by atoms with Crippen molar-refractivity contribution in [2.45, 2.75) is 32.2 Å². The average Bonchev–Trinajstić information content (AvgIpc) is 3.05. The standard InChI is InChI=1S/C15H18N6O/c1-2-13(22)21-9-3-4-11(21)14-15(19-8-7-18-14)20-12-10-16-5-6-17-12/h5-8,10-11H,2-4,9H2,1H3,(H,17,19,20). The topological polar surface area (TPSA) is 83.9 Å². The number of hydrogen-bond acceptors (Lipinski definition) is 6. The number of likely N-dealkylation sites (tertiary alicyclic amines) is 1. The molecule has 0 saturated carbocycles. The lowest BCUT2D eigenvalue weighted by Crippen LogP contribution is -2.30. The van der Waals surface area contributed by atoms with Crippen LogP contribution >= 0.6 is 0 Å². The Morgan fingerprint density at radius 1 is 1.27 bits per heavy atom. The summed E-state index contributed by atoms with van der Waals surface area (Å²) in [6.07, 6.45) is 10.5. The third-order valence-corrected chi connectivity index (χ3v) is 3.73. The van der Waals surface area contributed by atoms with Gasteiger partial charge in [0.2, 0.25) is 5.91 Å². The summed E-state index contributed by atoms with van der Waals surface area (Å²) in [4.78, 5) is 31.0. The smallest absolute Gasteiger partial charge is 0.222 e. The number of carbonyl (C=O) groups is 1. The van der Waals surface area contributed by atoms with E-state index < -0.39 is 0 Å². The summed E-state index contributed by atoms with van der Waals surface area (Å²) in [7, 11) is 0. The van der Waals surface area contributed by atoms with E-state index in [1.54, 1.807) is 31.0 Å². The predicted octanol–water partition coefficient (Wildman–Crippen LogP) is 2.08. The molecule has 2 aromatic heterocycles. The maximum absolute atomic E-state index is 12.1. The largest absolute Gasteiger partial charge is 0.334 e. The van der Waals surface area contributed by atoms with Crippen LogP contribution < -0.4 is 5.32 Å². The molecular weight excluding hydrogens is 280 g/mol. The molecule has 0 aliphatic carbocycles. The first-order valence-corrected chi connectivity index (χ1v) is 7.43. The van der Waals surface area contributed by atoms with Gasteiger partial charge in [0.1, 0.15) is 11.5 Å². The molecule has 22 heavy (non-hydrogen) atoms. The van der Waals surface area contributed by atoms with Crippen LogP contribution in [-0.4, -0.2) is 37.3 Å². The van der Waals surface area contributed by atoms with Gasteiger partial charge in [-0.1, -0.05) is 6.92 Å². The minimum absolute atomic E-state index is 0.0275. The molecule has 1 aliphatic rings. The fourth-order valence-corrected chi connectivity index (χ4v) is 2.73. The molecule has 0 aromatic carbocycles. The fraction of sp³-hybridized carbons (Fsp3) is 0.400. The van der Waals surface area contributed by atoms with Crippen molar-refractivity contribution in [1.82, 2.24) is 24.8 Å². The molecular formula is C15H18N6O. The number of hydrogen-bond donors (Lipinski definition) is 1. The van der Waals surface area contributed by atoms with Gasteiger partial charge in [0.05, 0.1) is 12.2 Å². The van der Waals surface area contributed by atoms with E-state index in [4.69, 9.17) is 0 Å². The van der Waals surface area contributed by atoms with Gasteiger partial charge in [-0.2, -0.15) is 0 Å². The van der Waals surface area contributed by atoms with Crippen LogP contribution in [0.5, 0.6) is 0 Å². The van der Waals surface area contributed by atoms with E-state index in [0.717, 1.165) is 25.1 Å². The molecule has 0 radical (unpaired) electrons. The van der Waals surface area contributed by atoms with E-state index in [2.05, 4.69) is 25.3 Å². The first-order chi connectivity index (χ1) is 10.8. The summed E-state index contributed by atoms with van der Waals surface area (Å²) in [5.74, 6) is 1.39. The first kappa shape index (κ1) is 14.4. The van der Waals surface area contributed by atoms with E-state index in [1.165, 1.54) is 0 Å². The van der Waals surface area contributed by atoms with Crippen molar-refractivity contribution >= 4 is 17.5 Å². The SMILES string of the molecule is CCC(=O)N1CCCC1c1nccnc1Nc1cnccn1. The van der Waals surface area contributed by atoms with Crippen LogP contribution in [0, 0.1) is 0 Å². The van der Waals surface area contributed by atoms with Gasteiger partial charge in [0.25, 0.3) is 0 Å². The van der Waals surface area contributed by atoms with Gasteiger partial charge in [-0.3, -0.25) is 14.8 Å². The Labute approximate surface area is 128 Å². The molecule has 0 spiro atoms. The number of carbonyl (C=O) groups excluding carboxylic acids is 1. The molecule has 1 unspecified atom stereocenters. The number of nitrogens with zero attached hydrogens (tertiary/aromatic N) is 5. The molecule has 1 N–H and O–H groups in total. The fourth-order valence-electron chi connectivity index (χ4n) is 2.73. The molecule has 7 heteroatoms. The van der Waals surface area contributed by atoms with Crippen molar-refractivity contribution in [3.8, 4) is 0 Å². The Hall–Kier alpha value is -2.57. The lowest BCUT2D eigenvalue weighted by molar-refractivity contribution is -0.131. The summed E-state index contributed by atoms with van der Waals surface area (Å²) in [6, 6.07) is -0.0275. The number of anilines is 2. The molecule has 2 aromatic rings. The highest BCUT2D eigenvalue weighted by atomic mass is 16.2. The van der Waals surface area contributed by atoms with Crippen molar-refractivity contribution in [2.75, 3.05) is 11.9 Å². The van der Waals surface area contributed by atoms with E-state index in [-0.39, 0.29) is 11.9 Å². The quantitative estimate of drug-likeness (QED) is 0.930. The normalized spacial score (nSPS) is 17.5. The molecule has 3 rings (SSSR count). The molecule has 1 amide bonds. The minimum Gasteiger partial charge on any atom is -0.334 e. The van der Waals surface area contributed by atoms with Gasteiger partial charge in [-0.25, -0.2) is 9.97 Å². The summed E-state index contributed by atoms with van der Waals surface area (Å²) >= 11 is 0. The second-order valence-corrected chi connectivity index (χ2v) is 5.10. The molecule has 1 saturated heterocycles. The van der Waals surface area contributed by atoms with Crippen molar-refractivity contribution in [1.29, 1.82) is 0 Å². The van der Waals surface area contributed by atoms with Crippen molar-refractivity contribution in [3.05, 3.63) is 36.7 Å². The Bertz CT molecular complexity index is 647. The number of rotatable bonds is 4. The highest BCUT2D eigenvalue weighted by Gasteiger charge is 2.32. The van der Waals surface area contributed by atoms with E-state index in [1.807, 2.05) is 11.8 Å². The van der Waals surface area contributed by atoms with Crippen LogP contribution in [0.1, 0.15) is 37.9 Å². The third-order valence-electron chi connectivity index (χ3n) is 3.73. The van der Waals surface area contributed by atoms with Crippen LogP contribution in [-0.2, 0) is 4.79 Å². The highest BCUT2D eigenvalue weighted by Crippen LogP contribution is 2.34. The molecule has 1 atom stereocenters. The Balaban J connectivity index is 1.89. The number of nitrogens with one attached hydrogen (secondary N) is 1. The van der Waals surface area contributed by atoms with Crippen molar-refractivity contribution in [3.63, 3.8) is 0 Å². The predicted molar refractivity (Wildman–Crippen MR) is 81.3 cm³/mol. The Kier molecular flexibility index (Phi) is 4.22. The van der Waals surface area contributed by atoms with Crippen LogP contribution in [0.25, 0.3) is 0 Å². The lowest BCUT2D eigenvalue weighted by Gasteiger charge is -2.25. The molecule has 1 fully saturated rings. The molecule has 0 bridgehead atoms. The maximum atomic E-state index is 12.1. The lowest BCUT2D eigenvalue weighted by atomic mass is 10.1. The van der Waals surface area contributed by atoms with Gasteiger partial charge >= 0.3 is 0 Å². The molecule has 114 valence electrons. The van der Waals surface area contributed by atoms with E-state index in [0.29, 0.717) is 18.1 Å². The number of aromatic nitrogens is 4. The second-order valence-electron chi connectivity index (χ2n) is 5.10. The zero-order chi connectivity index (χ0) is 15.4. The van der Waals surface area contributed by atoms with Crippen molar-refractivity contribution < 1.29 is 4.79 Å². The van der Waals surface area contributed by atoms with Gasteiger partial charge in [0.15, 0.2) is 5.82 Å². The van der Waals surface area contributed by atoms with Crippen LogP contribution in [0.15, 0.2) is 31.0 Å².